The van der Waals surface area contributed by atoms with Crippen LogP contribution in [0.1, 0.15) is 16.2 Å². The van der Waals surface area contributed by atoms with Gasteiger partial charge in [-0.15, -0.1) is 0 Å². The maximum absolute atomic E-state index is 11.9. The van der Waals surface area contributed by atoms with E-state index >= 15 is 0 Å². The van der Waals surface area contributed by atoms with Crippen molar-refractivity contribution in [2.24, 2.45) is 5.10 Å². The Morgan fingerprint density at radius 1 is 1.26 bits per heavy atom. The van der Waals surface area contributed by atoms with Gasteiger partial charge in [0.25, 0.3) is 11.6 Å². The summed E-state index contributed by atoms with van der Waals surface area (Å²) in [5, 5.41) is 14.5. The van der Waals surface area contributed by atoms with Crippen molar-refractivity contribution in [3.8, 4) is 0 Å². The van der Waals surface area contributed by atoms with E-state index < -0.39 is 10.8 Å². The van der Waals surface area contributed by atoms with E-state index in [1.165, 1.54) is 30.5 Å². The number of imidazole rings is 1. The minimum Gasteiger partial charge on any atom is -0.337 e. The number of nitrogens with one attached hydrogen (secondary N) is 2. The minimum atomic E-state index is -0.561. The highest BCUT2D eigenvalue weighted by molar-refractivity contribution is 5.95. The quantitative estimate of drug-likeness (QED) is 0.437. The van der Waals surface area contributed by atoms with E-state index in [2.05, 4.69) is 20.5 Å². The summed E-state index contributed by atoms with van der Waals surface area (Å²) in [6, 6.07) is 12.9. The molecule has 3 rings (SSSR count). The van der Waals surface area contributed by atoms with Gasteiger partial charge in [-0.25, -0.2) is 10.4 Å². The first-order chi connectivity index (χ1) is 11.1. The number of non-ortho nitro benzene ring substituents is 1. The van der Waals surface area contributed by atoms with E-state index in [1.54, 1.807) is 0 Å². The van der Waals surface area contributed by atoms with Gasteiger partial charge < -0.3 is 4.98 Å². The van der Waals surface area contributed by atoms with Gasteiger partial charge in [-0.05, 0) is 18.2 Å². The van der Waals surface area contributed by atoms with Gasteiger partial charge >= 0.3 is 0 Å². The maximum atomic E-state index is 11.9. The van der Waals surface area contributed by atoms with E-state index in [0.29, 0.717) is 5.82 Å². The molecule has 0 spiro atoms. The van der Waals surface area contributed by atoms with Crippen molar-refractivity contribution in [1.82, 2.24) is 15.4 Å². The second kappa shape index (κ2) is 6.06. The van der Waals surface area contributed by atoms with Crippen molar-refractivity contribution in [1.29, 1.82) is 0 Å². The molecule has 2 N–H and O–H groups in total. The molecule has 1 heterocycles. The Hall–Kier alpha value is -3.55. The monoisotopic (exact) mass is 309 g/mol. The Kier molecular flexibility index (Phi) is 3.79. The number of amides is 1. The molecular formula is C15H11N5O3. The number of benzene rings is 2. The first-order valence-electron chi connectivity index (χ1n) is 6.66. The molecule has 0 unspecified atom stereocenters. The summed E-state index contributed by atoms with van der Waals surface area (Å²) in [7, 11) is 0. The van der Waals surface area contributed by atoms with Gasteiger partial charge in [0.05, 0.1) is 22.2 Å². The zero-order chi connectivity index (χ0) is 16.2. The smallest absolute Gasteiger partial charge is 0.271 e. The number of hydrogen-bond acceptors (Lipinski definition) is 5. The molecule has 0 radical (unpaired) electrons. The summed E-state index contributed by atoms with van der Waals surface area (Å²) in [4.78, 5) is 29.3. The number of H-pyrrole nitrogens is 1. The van der Waals surface area contributed by atoms with Crippen molar-refractivity contribution >= 4 is 28.8 Å². The number of nitro benzene ring substituents is 1. The molecular weight excluding hydrogens is 298 g/mol. The molecule has 0 aliphatic carbocycles. The van der Waals surface area contributed by atoms with Crippen LogP contribution < -0.4 is 5.43 Å². The van der Waals surface area contributed by atoms with Crippen molar-refractivity contribution < 1.29 is 9.72 Å². The molecule has 1 aromatic heterocycles. The van der Waals surface area contributed by atoms with Gasteiger partial charge in [0.15, 0.2) is 5.82 Å². The number of carbonyl (C=O) groups excluding carboxylic acids is 1. The number of nitro groups is 1. The van der Waals surface area contributed by atoms with E-state index in [-0.39, 0.29) is 11.3 Å². The molecule has 0 bridgehead atoms. The van der Waals surface area contributed by atoms with Crippen LogP contribution in [0, 0.1) is 10.1 Å². The molecule has 114 valence electrons. The van der Waals surface area contributed by atoms with E-state index in [9.17, 15) is 14.9 Å². The summed E-state index contributed by atoms with van der Waals surface area (Å²) < 4.78 is 0. The third-order valence-electron chi connectivity index (χ3n) is 3.08. The number of fused-ring (bicyclic) bond motifs is 1. The Morgan fingerprint density at radius 3 is 2.87 bits per heavy atom. The van der Waals surface area contributed by atoms with Crippen molar-refractivity contribution in [3.05, 3.63) is 70.0 Å². The third-order valence-corrected chi connectivity index (χ3v) is 3.08. The lowest BCUT2D eigenvalue weighted by Gasteiger charge is -1.99. The van der Waals surface area contributed by atoms with Crippen LogP contribution in [0.25, 0.3) is 11.0 Å². The van der Waals surface area contributed by atoms with E-state index in [4.69, 9.17) is 0 Å². The lowest BCUT2D eigenvalue weighted by atomic mass is 10.2. The average molecular weight is 309 g/mol. The van der Waals surface area contributed by atoms with Crippen LogP contribution in [0.15, 0.2) is 53.6 Å². The molecule has 3 aromatic rings. The summed E-state index contributed by atoms with van der Waals surface area (Å²) in [5.74, 6) is -0.0494. The largest absolute Gasteiger partial charge is 0.337 e. The Labute approximate surface area is 130 Å². The summed E-state index contributed by atoms with van der Waals surface area (Å²) in [6.45, 7) is 0. The number of carbonyl (C=O) groups is 1. The molecule has 23 heavy (non-hydrogen) atoms. The second-order valence-electron chi connectivity index (χ2n) is 4.65. The maximum Gasteiger partial charge on any atom is 0.271 e. The molecule has 0 aliphatic heterocycles. The fraction of sp³-hybridized carbons (Fsp3) is 0. The van der Waals surface area contributed by atoms with E-state index in [1.807, 2.05) is 24.3 Å². The number of hydrogen-bond donors (Lipinski definition) is 2. The number of para-hydroxylation sites is 2. The number of hydrazone groups is 1. The average Bonchev–Trinajstić information content (AvgIpc) is 2.97. The number of nitrogens with zero attached hydrogens (tertiary/aromatic N) is 3. The van der Waals surface area contributed by atoms with Crippen molar-refractivity contribution in [2.75, 3.05) is 0 Å². The number of rotatable bonds is 4. The minimum absolute atomic E-state index is 0.154. The highest BCUT2D eigenvalue weighted by Crippen LogP contribution is 2.13. The molecule has 0 aliphatic rings. The van der Waals surface area contributed by atoms with Gasteiger partial charge in [0.1, 0.15) is 0 Å². The van der Waals surface area contributed by atoms with Crippen LogP contribution in [-0.2, 0) is 0 Å². The Bertz CT molecular complexity index is 883. The summed E-state index contributed by atoms with van der Waals surface area (Å²) >= 11 is 0. The molecule has 8 nitrogen and oxygen atoms in total. The lowest BCUT2D eigenvalue weighted by Crippen LogP contribution is -2.17. The zero-order valence-corrected chi connectivity index (χ0v) is 11.8. The fourth-order valence-corrected chi connectivity index (χ4v) is 2.01. The molecule has 0 atom stereocenters. The Balaban J connectivity index is 1.70. The predicted molar refractivity (Wildman–Crippen MR) is 84.3 cm³/mol. The van der Waals surface area contributed by atoms with E-state index in [0.717, 1.165) is 11.0 Å². The van der Waals surface area contributed by atoms with Crippen LogP contribution in [-0.4, -0.2) is 27.0 Å². The molecule has 0 saturated carbocycles. The van der Waals surface area contributed by atoms with Crippen LogP contribution in [0.3, 0.4) is 0 Å². The zero-order valence-electron chi connectivity index (χ0n) is 11.8. The fourth-order valence-electron chi connectivity index (χ4n) is 2.01. The highest BCUT2D eigenvalue weighted by atomic mass is 16.6. The standard InChI is InChI=1S/C15H11N5O3/c21-15(10-4-3-5-11(8-10)20(22)23)19-16-9-14-17-12-6-1-2-7-13(12)18-14/h1-9H,(H,17,18)(H,19,21). The third kappa shape index (κ3) is 3.21. The first kappa shape index (κ1) is 14.4. The van der Waals surface area contributed by atoms with Crippen molar-refractivity contribution in [3.63, 3.8) is 0 Å². The van der Waals surface area contributed by atoms with Gasteiger partial charge in [-0.1, -0.05) is 18.2 Å². The summed E-state index contributed by atoms with van der Waals surface area (Å²) in [5.41, 5.74) is 3.96. The highest BCUT2D eigenvalue weighted by Gasteiger charge is 2.10. The number of aromatic amines is 1. The molecule has 0 saturated heterocycles. The Morgan fingerprint density at radius 2 is 2.09 bits per heavy atom. The van der Waals surface area contributed by atoms with Crippen LogP contribution in [0.2, 0.25) is 0 Å². The summed E-state index contributed by atoms with van der Waals surface area (Å²) in [6.07, 6.45) is 1.37. The topological polar surface area (TPSA) is 113 Å². The van der Waals surface area contributed by atoms with Gasteiger partial charge in [0.2, 0.25) is 0 Å². The van der Waals surface area contributed by atoms with Gasteiger partial charge in [0, 0.05) is 17.7 Å². The van der Waals surface area contributed by atoms with Crippen LogP contribution >= 0.6 is 0 Å². The van der Waals surface area contributed by atoms with Crippen LogP contribution in [0.4, 0.5) is 5.69 Å². The van der Waals surface area contributed by atoms with Crippen LogP contribution in [0.5, 0.6) is 0 Å². The first-order valence-corrected chi connectivity index (χ1v) is 6.66. The molecule has 2 aromatic carbocycles. The normalized spacial score (nSPS) is 11.0. The lowest BCUT2D eigenvalue weighted by molar-refractivity contribution is -0.384. The SMILES string of the molecule is O=C(NN=Cc1nc2ccccc2[nH]1)c1cccc([N+](=O)[O-])c1. The van der Waals surface area contributed by atoms with Gasteiger partial charge in [-0.2, -0.15) is 5.10 Å². The molecule has 8 heteroatoms. The number of aromatic nitrogens is 2. The second-order valence-corrected chi connectivity index (χ2v) is 4.65. The molecule has 1 amide bonds. The molecule has 0 fully saturated rings. The predicted octanol–water partition coefficient (Wildman–Crippen LogP) is 2.24. The van der Waals surface area contributed by atoms with Crippen molar-refractivity contribution in [2.45, 2.75) is 0 Å². The van der Waals surface area contributed by atoms with Gasteiger partial charge in [-0.3, -0.25) is 14.9 Å².